The first-order chi connectivity index (χ1) is 8.79. The highest BCUT2D eigenvalue weighted by molar-refractivity contribution is 7.98. The van der Waals surface area contributed by atoms with Gasteiger partial charge in [-0.3, -0.25) is 9.59 Å². The average molecular weight is 286 g/mol. The lowest BCUT2D eigenvalue weighted by atomic mass is 9.92. The number of amides is 2. The van der Waals surface area contributed by atoms with Crippen LogP contribution in [0.5, 0.6) is 0 Å². The Hall–Kier alpha value is -0.710. The molecule has 0 spiro atoms. The van der Waals surface area contributed by atoms with Crippen molar-refractivity contribution in [3.05, 3.63) is 0 Å². The van der Waals surface area contributed by atoms with Gasteiger partial charge >= 0.3 is 0 Å². The molecule has 4 nitrogen and oxygen atoms in total. The Balaban J connectivity index is 2.85. The van der Waals surface area contributed by atoms with Gasteiger partial charge in [-0.05, 0) is 44.6 Å². The van der Waals surface area contributed by atoms with Gasteiger partial charge in [0, 0.05) is 6.54 Å². The van der Waals surface area contributed by atoms with E-state index >= 15 is 0 Å². The molecular weight excluding hydrogens is 260 g/mol. The lowest BCUT2D eigenvalue weighted by Crippen LogP contribution is -2.68. The first-order valence-electron chi connectivity index (χ1n) is 6.91. The Morgan fingerprint density at radius 3 is 2.53 bits per heavy atom. The van der Waals surface area contributed by atoms with Crippen molar-refractivity contribution in [2.24, 2.45) is 5.92 Å². The number of carbonyl (C=O) groups excluding carboxylic acids is 2. The normalized spacial score (nSPS) is 22.8. The third-order valence-electron chi connectivity index (χ3n) is 3.35. The molecule has 5 heteroatoms. The van der Waals surface area contributed by atoms with E-state index < -0.39 is 5.54 Å². The second kappa shape index (κ2) is 6.64. The molecule has 1 aliphatic heterocycles. The smallest absolute Gasteiger partial charge is 0.248 e. The first kappa shape index (κ1) is 16.3. The monoisotopic (exact) mass is 286 g/mol. The maximum atomic E-state index is 12.5. The molecule has 1 rings (SSSR count). The molecule has 1 aliphatic rings. The van der Waals surface area contributed by atoms with Gasteiger partial charge in [0.25, 0.3) is 0 Å². The highest BCUT2D eigenvalue weighted by Crippen LogP contribution is 2.22. The Labute approximate surface area is 120 Å². The zero-order valence-corrected chi connectivity index (χ0v) is 13.5. The molecule has 0 aromatic rings. The summed E-state index contributed by atoms with van der Waals surface area (Å²) in [5.41, 5.74) is -0.774. The number of thioether (sulfide) groups is 1. The molecule has 0 aromatic carbocycles. The summed E-state index contributed by atoms with van der Waals surface area (Å²) < 4.78 is 0. The predicted octanol–water partition coefficient (Wildman–Crippen LogP) is 1.89. The molecule has 110 valence electrons. The van der Waals surface area contributed by atoms with E-state index in [9.17, 15) is 9.59 Å². The molecule has 2 amide bonds. The Morgan fingerprint density at radius 2 is 2.00 bits per heavy atom. The summed E-state index contributed by atoms with van der Waals surface area (Å²) in [5.74, 6) is 1.44. The quantitative estimate of drug-likeness (QED) is 0.759. The van der Waals surface area contributed by atoms with E-state index in [1.54, 1.807) is 30.5 Å². The van der Waals surface area contributed by atoms with Crippen LogP contribution in [-0.2, 0) is 9.59 Å². The number of nitrogens with zero attached hydrogens (tertiary/aromatic N) is 1. The minimum atomic E-state index is -0.774. The van der Waals surface area contributed by atoms with Crippen molar-refractivity contribution in [1.29, 1.82) is 0 Å². The van der Waals surface area contributed by atoms with E-state index in [0.717, 1.165) is 18.6 Å². The van der Waals surface area contributed by atoms with Crippen LogP contribution in [0.25, 0.3) is 0 Å². The number of rotatable bonds is 6. The SMILES string of the molecule is CSCCCN1C(=O)C(C)(C)NC(=O)C1CC(C)C. The molecule has 0 aromatic heterocycles. The van der Waals surface area contributed by atoms with Crippen molar-refractivity contribution in [2.45, 2.75) is 52.1 Å². The predicted molar refractivity (Wildman–Crippen MR) is 80.2 cm³/mol. The summed E-state index contributed by atoms with van der Waals surface area (Å²) in [6.07, 6.45) is 3.72. The standard InChI is InChI=1S/C14H26N2O2S/c1-10(2)9-11-12(17)15-14(3,4)13(18)16(11)7-6-8-19-5/h10-11H,6-9H2,1-5H3,(H,15,17). The van der Waals surface area contributed by atoms with Crippen LogP contribution in [-0.4, -0.2) is 46.8 Å². The molecule has 0 radical (unpaired) electrons. The van der Waals surface area contributed by atoms with Crippen molar-refractivity contribution < 1.29 is 9.59 Å². The lowest BCUT2D eigenvalue weighted by molar-refractivity contribution is -0.154. The molecule has 1 atom stereocenters. The number of piperazine rings is 1. The van der Waals surface area contributed by atoms with Gasteiger partial charge in [0.2, 0.25) is 11.8 Å². The Bertz CT molecular complexity index is 342. The second-order valence-corrected chi connectivity index (χ2v) is 7.09. The van der Waals surface area contributed by atoms with Gasteiger partial charge in [0.05, 0.1) is 0 Å². The Morgan fingerprint density at radius 1 is 1.37 bits per heavy atom. The minimum absolute atomic E-state index is 0.0116. The van der Waals surface area contributed by atoms with Crippen LogP contribution < -0.4 is 5.32 Å². The number of nitrogens with one attached hydrogen (secondary N) is 1. The van der Waals surface area contributed by atoms with E-state index in [1.165, 1.54) is 0 Å². The van der Waals surface area contributed by atoms with E-state index in [0.29, 0.717) is 12.5 Å². The summed E-state index contributed by atoms with van der Waals surface area (Å²) in [6.45, 7) is 8.39. The van der Waals surface area contributed by atoms with Gasteiger partial charge in [-0.2, -0.15) is 11.8 Å². The van der Waals surface area contributed by atoms with Gasteiger partial charge in [-0.1, -0.05) is 13.8 Å². The topological polar surface area (TPSA) is 49.4 Å². The lowest BCUT2D eigenvalue weighted by Gasteiger charge is -2.43. The van der Waals surface area contributed by atoms with Gasteiger partial charge in [-0.15, -0.1) is 0 Å². The Kier molecular flexibility index (Phi) is 5.71. The average Bonchev–Trinajstić information content (AvgIpc) is 2.29. The molecular formula is C14H26N2O2S. The van der Waals surface area contributed by atoms with Crippen LogP contribution in [0.4, 0.5) is 0 Å². The van der Waals surface area contributed by atoms with Crippen LogP contribution in [0.1, 0.15) is 40.5 Å². The molecule has 1 fully saturated rings. The van der Waals surface area contributed by atoms with E-state index in [4.69, 9.17) is 0 Å². The highest BCUT2D eigenvalue weighted by atomic mass is 32.2. The van der Waals surface area contributed by atoms with E-state index in [-0.39, 0.29) is 17.9 Å². The van der Waals surface area contributed by atoms with Crippen LogP contribution in [0.15, 0.2) is 0 Å². The molecule has 0 bridgehead atoms. The number of hydrogen-bond donors (Lipinski definition) is 1. The van der Waals surface area contributed by atoms with E-state index in [1.807, 2.05) is 0 Å². The van der Waals surface area contributed by atoms with Crippen LogP contribution >= 0.6 is 11.8 Å². The van der Waals surface area contributed by atoms with Crippen molar-refractivity contribution >= 4 is 23.6 Å². The number of carbonyl (C=O) groups is 2. The molecule has 1 unspecified atom stereocenters. The largest absolute Gasteiger partial charge is 0.340 e. The van der Waals surface area contributed by atoms with Gasteiger partial charge < -0.3 is 10.2 Å². The third-order valence-corrected chi connectivity index (χ3v) is 4.05. The third kappa shape index (κ3) is 4.13. The zero-order valence-electron chi connectivity index (χ0n) is 12.7. The van der Waals surface area contributed by atoms with Crippen LogP contribution in [0, 0.1) is 5.92 Å². The molecule has 0 aliphatic carbocycles. The molecule has 1 saturated heterocycles. The number of hydrogen-bond acceptors (Lipinski definition) is 3. The summed E-state index contributed by atoms with van der Waals surface area (Å²) in [7, 11) is 0. The van der Waals surface area contributed by atoms with E-state index in [2.05, 4.69) is 25.4 Å². The molecule has 1 N–H and O–H groups in total. The molecule has 1 heterocycles. The zero-order chi connectivity index (χ0) is 14.6. The fraction of sp³-hybridized carbons (Fsp3) is 0.857. The summed E-state index contributed by atoms with van der Waals surface area (Å²) in [4.78, 5) is 26.5. The summed E-state index contributed by atoms with van der Waals surface area (Å²) >= 11 is 1.77. The van der Waals surface area contributed by atoms with Crippen LogP contribution in [0.3, 0.4) is 0 Å². The van der Waals surface area contributed by atoms with Crippen molar-refractivity contribution in [3.8, 4) is 0 Å². The van der Waals surface area contributed by atoms with Gasteiger partial charge in [-0.25, -0.2) is 0 Å². The van der Waals surface area contributed by atoms with Crippen molar-refractivity contribution in [2.75, 3.05) is 18.6 Å². The fourth-order valence-corrected chi connectivity index (χ4v) is 2.82. The van der Waals surface area contributed by atoms with Crippen molar-refractivity contribution in [1.82, 2.24) is 10.2 Å². The van der Waals surface area contributed by atoms with Crippen molar-refractivity contribution in [3.63, 3.8) is 0 Å². The summed E-state index contributed by atoms with van der Waals surface area (Å²) in [6, 6.07) is -0.303. The summed E-state index contributed by atoms with van der Waals surface area (Å²) in [5, 5.41) is 2.85. The maximum Gasteiger partial charge on any atom is 0.248 e. The molecule has 19 heavy (non-hydrogen) atoms. The van der Waals surface area contributed by atoms with Gasteiger partial charge in [0.1, 0.15) is 11.6 Å². The first-order valence-corrected chi connectivity index (χ1v) is 8.31. The maximum absolute atomic E-state index is 12.5. The fourth-order valence-electron chi connectivity index (χ4n) is 2.40. The highest BCUT2D eigenvalue weighted by Gasteiger charge is 2.44. The minimum Gasteiger partial charge on any atom is -0.340 e. The second-order valence-electron chi connectivity index (χ2n) is 6.10. The van der Waals surface area contributed by atoms with Crippen LogP contribution in [0.2, 0.25) is 0 Å². The molecule has 0 saturated carbocycles. The van der Waals surface area contributed by atoms with Gasteiger partial charge in [0.15, 0.2) is 0 Å².